The number of hydrogen-bond donors (Lipinski definition) is 8. The monoisotopic (exact) mass is 1030 g/mol. The topological polar surface area (TPSA) is 301 Å². The van der Waals surface area contributed by atoms with Gasteiger partial charge in [-0.25, -0.2) is 16.7 Å². The fourth-order valence-electron chi connectivity index (χ4n) is 6.18. The first-order valence-electron chi connectivity index (χ1n) is 24.1. The average Bonchev–Trinajstić information content (AvgIpc) is 3.16. The van der Waals surface area contributed by atoms with Gasteiger partial charge in [0.2, 0.25) is 17.7 Å². The van der Waals surface area contributed by atoms with Crippen LogP contribution in [0.4, 0.5) is 0 Å². The molecule has 21 heteroatoms. The summed E-state index contributed by atoms with van der Waals surface area (Å²) in [5.41, 5.74) is 8.17. The van der Waals surface area contributed by atoms with Gasteiger partial charge in [-0.15, -0.1) is 0 Å². The van der Waals surface area contributed by atoms with Crippen LogP contribution in [0.5, 0.6) is 0 Å². The molecule has 0 spiro atoms. The van der Waals surface area contributed by atoms with E-state index in [1.807, 2.05) is 67.7 Å². The molecule has 6 unspecified atom stereocenters. The number of amides is 3. The van der Waals surface area contributed by atoms with Crippen LogP contribution in [0.25, 0.3) is 0 Å². The maximum atomic E-state index is 12.0. The molecule has 0 aromatic rings. The van der Waals surface area contributed by atoms with Gasteiger partial charge in [0.15, 0.2) is 0 Å². The van der Waals surface area contributed by atoms with Crippen LogP contribution in [0.1, 0.15) is 202 Å². The molecule has 3 radical (unpaired) electrons. The quantitative estimate of drug-likeness (QED) is 0.0106. The first-order valence-corrected chi connectivity index (χ1v) is 24.1. The van der Waals surface area contributed by atoms with Crippen LogP contribution in [0, 0.1) is 44.3 Å². The number of nitrogens with two attached hydrogens (primary N) is 1. The minimum Gasteiger partial charge on any atom is -0.512 e. The number of aliphatic hydroxyl groups is 3. The van der Waals surface area contributed by atoms with E-state index in [1.165, 1.54) is 0 Å². The largest absolute Gasteiger partial charge is 1.00 e. The smallest absolute Gasteiger partial charge is 0.512 e. The third kappa shape index (κ3) is 49.1. The molecule has 0 saturated heterocycles. The molecular weight excluding hydrogens is 936 g/mol. The Hall–Kier alpha value is -3.16. The Morgan fingerprint density at radius 1 is 0.528 bits per heavy atom. The predicted octanol–water partition coefficient (Wildman–Crippen LogP) is 3.43. The molecule has 72 heavy (non-hydrogen) atoms. The van der Waals surface area contributed by atoms with E-state index < -0.39 is 42.1 Å². The Kier molecular flexibility index (Phi) is 42.8. The summed E-state index contributed by atoms with van der Waals surface area (Å²) in [5.74, 6) is 2.63. The Bertz CT molecular complexity index is 1580. The molecule has 0 aromatic heterocycles. The zero-order valence-corrected chi connectivity index (χ0v) is 50.2. The van der Waals surface area contributed by atoms with Crippen molar-refractivity contribution in [2.45, 2.75) is 238 Å². The minimum absolute atomic E-state index is 0. The molecule has 6 atom stereocenters. The number of nitrogens with zero attached hydrogens (tertiary/aromatic N) is 2. The van der Waals surface area contributed by atoms with Crippen LogP contribution in [0.15, 0.2) is 5.10 Å². The van der Waals surface area contributed by atoms with Gasteiger partial charge in [0.1, 0.15) is 18.3 Å². The van der Waals surface area contributed by atoms with E-state index in [-0.39, 0.29) is 139 Å². The van der Waals surface area contributed by atoms with Crippen LogP contribution in [-0.4, -0.2) is 110 Å². The van der Waals surface area contributed by atoms with Crippen molar-refractivity contribution in [1.82, 2.24) is 21.7 Å². The van der Waals surface area contributed by atoms with Gasteiger partial charge in [0.05, 0.1) is 37.6 Å². The zero-order chi connectivity index (χ0) is 56.1. The van der Waals surface area contributed by atoms with E-state index in [4.69, 9.17) is 31.9 Å². The second-order valence-corrected chi connectivity index (χ2v) is 24.5. The van der Waals surface area contributed by atoms with E-state index >= 15 is 0 Å². The molecule has 0 heterocycles. The Morgan fingerprint density at radius 2 is 0.778 bits per heavy atom. The van der Waals surface area contributed by atoms with Crippen LogP contribution in [0.2, 0.25) is 0 Å². The summed E-state index contributed by atoms with van der Waals surface area (Å²) in [4.78, 5) is 69.5. The van der Waals surface area contributed by atoms with Gasteiger partial charge >= 0.3 is 47.5 Å². The number of carbonyl (C=O) groups excluding carboxylic acids is 6. The van der Waals surface area contributed by atoms with Crippen LogP contribution < -0.4 is 57.1 Å². The number of hydrazone groups is 1. The van der Waals surface area contributed by atoms with Crippen molar-refractivity contribution in [1.29, 1.82) is 5.26 Å². The standard InChI is InChI=1S/C17H34N2O4.C17H32N2O4.C16H32N2O4.CN.B.Na/c2*1-16(2,3)11-12(10-13(20)17(4,5)6)23-15(22)9-8-14(21)19-18-7;1-15(2,3)10-11(9-12(19)16(4,5)6)22-14(21)8-7-13(20)18-17;1-2;;/h12-13,18,20H,8-11H2,1-7H3,(H,19,21);12-13,20H,7-11H2,1-6H3,(H,19,21);11-12,19H,7-10,17H2,1-6H3,(H,18,20);;;/q;;;-1;;+1. The van der Waals surface area contributed by atoms with Gasteiger partial charge in [-0.05, 0) is 51.8 Å². The summed E-state index contributed by atoms with van der Waals surface area (Å²) < 4.78 is 16.5. The molecule has 3 amide bonds. The third-order valence-corrected chi connectivity index (χ3v) is 10.2. The van der Waals surface area contributed by atoms with E-state index in [0.717, 1.165) is 0 Å². The van der Waals surface area contributed by atoms with Crippen LogP contribution in [-0.2, 0) is 43.0 Å². The van der Waals surface area contributed by atoms with Gasteiger partial charge in [0.25, 0.3) is 0 Å². The number of nitrogens with one attached hydrogen (secondary N) is 4. The zero-order valence-electron chi connectivity index (χ0n) is 48.2. The van der Waals surface area contributed by atoms with E-state index in [0.29, 0.717) is 38.5 Å². The number of aliphatic hydroxyl groups excluding tert-OH is 3. The summed E-state index contributed by atoms with van der Waals surface area (Å²) >= 11 is 0. The van der Waals surface area contributed by atoms with Gasteiger partial charge in [-0.1, -0.05) is 125 Å². The molecule has 19 nitrogen and oxygen atoms in total. The summed E-state index contributed by atoms with van der Waals surface area (Å²) in [6, 6.07) is 0. The molecule has 0 aromatic carbocycles. The number of rotatable bonds is 23. The number of esters is 3. The predicted molar refractivity (Wildman–Crippen MR) is 278 cm³/mol. The van der Waals surface area contributed by atoms with Gasteiger partial charge in [0, 0.05) is 60.7 Å². The van der Waals surface area contributed by atoms with Crippen molar-refractivity contribution in [3.63, 3.8) is 0 Å². The second kappa shape index (κ2) is 38.4. The van der Waals surface area contributed by atoms with Crippen molar-refractivity contribution in [3.8, 4) is 0 Å². The first-order chi connectivity index (χ1) is 31.5. The maximum absolute atomic E-state index is 12.0. The minimum atomic E-state index is -0.573. The summed E-state index contributed by atoms with van der Waals surface area (Å²) in [6.07, 6.45) is 0.372. The van der Waals surface area contributed by atoms with Crippen molar-refractivity contribution in [2.75, 3.05) is 7.05 Å². The number of hydrogen-bond acceptors (Lipinski definition) is 16. The summed E-state index contributed by atoms with van der Waals surface area (Å²) in [5, 5.41) is 40.3. The van der Waals surface area contributed by atoms with Gasteiger partial charge in [-0.2, -0.15) is 5.10 Å². The van der Waals surface area contributed by atoms with E-state index in [1.54, 1.807) is 7.05 Å². The molecule has 9 N–H and O–H groups in total. The Morgan fingerprint density at radius 3 is 0.986 bits per heavy atom. The van der Waals surface area contributed by atoms with Crippen LogP contribution >= 0.6 is 0 Å². The molecule has 0 aliphatic carbocycles. The number of hydrazine groups is 2. The van der Waals surface area contributed by atoms with Gasteiger partial charge < -0.3 is 41.4 Å². The molecular formula is C51H98BN7NaO12. The number of carbonyl (C=O) groups is 6. The summed E-state index contributed by atoms with van der Waals surface area (Å²) in [7, 11) is 1.59. The van der Waals surface area contributed by atoms with E-state index in [9.17, 15) is 44.1 Å². The van der Waals surface area contributed by atoms with Gasteiger partial charge in [-0.3, -0.25) is 39.6 Å². The molecule has 0 aliphatic heterocycles. The Labute approximate surface area is 458 Å². The molecule has 0 saturated carbocycles. The number of ether oxygens (including phenoxy) is 3. The first kappa shape index (κ1) is 80.2. The maximum Gasteiger partial charge on any atom is 1.00 e. The molecule has 0 rings (SSSR count). The van der Waals surface area contributed by atoms with Crippen molar-refractivity contribution < 1.29 is 87.9 Å². The normalized spacial score (nSPS) is 14.1. The average molecular weight is 1040 g/mol. The summed E-state index contributed by atoms with van der Waals surface area (Å²) in [6.45, 7) is 44.0. The van der Waals surface area contributed by atoms with Crippen LogP contribution in [0.3, 0.4) is 0 Å². The molecule has 0 fully saturated rings. The molecule has 0 aliphatic rings. The molecule has 0 bridgehead atoms. The fourth-order valence-corrected chi connectivity index (χ4v) is 6.18. The SMILES string of the molecule is C=NNC(=O)CCC(=O)OC(CC(O)C(C)(C)C)CC(C)(C)C.CC(C)(C)CC(CC(O)C(C)(C)C)OC(=O)CCC(=O)NN.CNNC(=O)CCC(=O)OC(CC(O)C(C)(C)C)CC(C)(C)C.[B].[C-]#N.[Na+]. The third-order valence-electron chi connectivity index (χ3n) is 10.2. The molecule has 413 valence electrons. The van der Waals surface area contributed by atoms with E-state index in [2.05, 4.69) is 90.4 Å². The van der Waals surface area contributed by atoms with Crippen molar-refractivity contribution in [3.05, 3.63) is 6.57 Å². The Balaban J connectivity index is -0.000000220. The second-order valence-electron chi connectivity index (χ2n) is 24.5. The van der Waals surface area contributed by atoms with Crippen molar-refractivity contribution >= 4 is 50.8 Å². The van der Waals surface area contributed by atoms with Crippen molar-refractivity contribution in [2.24, 2.45) is 43.4 Å². The fraction of sp³-hybridized carbons (Fsp3) is 0.843.